The highest BCUT2D eigenvalue weighted by atomic mass is 14.1. The predicted molar refractivity (Wildman–Crippen MR) is 52.7 cm³/mol. The molecule has 0 aliphatic carbocycles. The smallest absolute Gasteiger partial charge is 0.0348 e. The van der Waals surface area contributed by atoms with Gasteiger partial charge in [-0.3, -0.25) is 0 Å². The van der Waals surface area contributed by atoms with Crippen LogP contribution in [0, 0.1) is 11.8 Å². The predicted octanol–water partition coefficient (Wildman–Crippen LogP) is 4.02. The minimum Gasteiger partial charge on any atom is -0.0917 e. The monoisotopic (exact) mass is 154 g/mol. The molecule has 0 radical (unpaired) electrons. The molecule has 0 fully saturated rings. The van der Waals surface area contributed by atoms with Crippen LogP contribution in [0.3, 0.4) is 0 Å². The molecule has 0 spiro atoms. The van der Waals surface area contributed by atoms with E-state index in [2.05, 4.69) is 39.8 Å². The van der Waals surface area contributed by atoms with Crippen molar-refractivity contribution in [2.45, 2.75) is 47.0 Å². The highest BCUT2D eigenvalue weighted by Crippen LogP contribution is 2.19. The molecule has 2 unspecified atom stereocenters. The van der Waals surface area contributed by atoms with Gasteiger partial charge in [-0.15, -0.1) is 0 Å². The van der Waals surface area contributed by atoms with Crippen molar-refractivity contribution in [1.82, 2.24) is 0 Å². The molecule has 0 saturated carbocycles. The summed E-state index contributed by atoms with van der Waals surface area (Å²) in [5.74, 6) is 1.77. The SMILES string of the molecule is CC=CCCC(C)C(C)CC. The normalized spacial score (nSPS) is 17.1. The van der Waals surface area contributed by atoms with Crippen molar-refractivity contribution >= 4 is 0 Å². The first-order valence-corrected chi connectivity index (χ1v) is 4.83. The van der Waals surface area contributed by atoms with Crippen LogP contribution in [0.1, 0.15) is 47.0 Å². The molecule has 0 aliphatic rings. The average Bonchev–Trinajstić information content (AvgIpc) is 2.03. The highest BCUT2D eigenvalue weighted by molar-refractivity contribution is 4.77. The second kappa shape index (κ2) is 6.45. The standard InChI is InChI=1S/C11H22/c1-5-7-8-9-11(4)10(3)6-2/h5,7,10-11H,6,8-9H2,1-4H3. The molecule has 0 N–H and O–H groups in total. The third-order valence-electron chi connectivity index (χ3n) is 2.64. The Hall–Kier alpha value is -0.260. The van der Waals surface area contributed by atoms with Gasteiger partial charge in [-0.1, -0.05) is 39.3 Å². The van der Waals surface area contributed by atoms with E-state index < -0.39 is 0 Å². The summed E-state index contributed by atoms with van der Waals surface area (Å²) in [6, 6.07) is 0. The Bertz CT molecular complexity index is 103. The molecule has 0 aliphatic heterocycles. The van der Waals surface area contributed by atoms with Crippen LogP contribution in [0.15, 0.2) is 12.2 Å². The zero-order valence-corrected chi connectivity index (χ0v) is 8.43. The Labute approximate surface area is 71.7 Å². The van der Waals surface area contributed by atoms with E-state index in [0.29, 0.717) is 0 Å². The lowest BCUT2D eigenvalue weighted by Crippen LogP contribution is -2.05. The van der Waals surface area contributed by atoms with Crippen LogP contribution in [-0.4, -0.2) is 0 Å². The molecular formula is C11H22. The van der Waals surface area contributed by atoms with Crippen LogP contribution in [-0.2, 0) is 0 Å². The van der Waals surface area contributed by atoms with E-state index in [0.717, 1.165) is 11.8 Å². The lowest BCUT2D eigenvalue weighted by atomic mass is 9.90. The van der Waals surface area contributed by atoms with Gasteiger partial charge >= 0.3 is 0 Å². The fourth-order valence-corrected chi connectivity index (χ4v) is 1.21. The van der Waals surface area contributed by atoms with Gasteiger partial charge in [0.15, 0.2) is 0 Å². The molecule has 0 heteroatoms. The summed E-state index contributed by atoms with van der Waals surface area (Å²) < 4.78 is 0. The maximum absolute atomic E-state index is 2.36. The van der Waals surface area contributed by atoms with E-state index >= 15 is 0 Å². The summed E-state index contributed by atoms with van der Waals surface area (Å²) in [5.41, 5.74) is 0. The molecule has 0 bridgehead atoms. The zero-order chi connectivity index (χ0) is 8.69. The maximum Gasteiger partial charge on any atom is -0.0348 e. The Morgan fingerprint density at radius 3 is 2.27 bits per heavy atom. The number of hydrogen-bond donors (Lipinski definition) is 0. The third kappa shape index (κ3) is 5.06. The van der Waals surface area contributed by atoms with Gasteiger partial charge in [0.25, 0.3) is 0 Å². The molecule has 0 saturated heterocycles. The van der Waals surface area contributed by atoms with Crippen LogP contribution in [0.25, 0.3) is 0 Å². The molecule has 11 heavy (non-hydrogen) atoms. The zero-order valence-electron chi connectivity index (χ0n) is 8.43. The summed E-state index contributed by atoms with van der Waals surface area (Å²) in [6.07, 6.45) is 8.32. The van der Waals surface area contributed by atoms with E-state index in [9.17, 15) is 0 Å². The van der Waals surface area contributed by atoms with E-state index in [1.807, 2.05) is 0 Å². The van der Waals surface area contributed by atoms with Gasteiger partial charge in [-0.05, 0) is 31.6 Å². The summed E-state index contributed by atoms with van der Waals surface area (Å²) in [4.78, 5) is 0. The van der Waals surface area contributed by atoms with Gasteiger partial charge in [0.2, 0.25) is 0 Å². The van der Waals surface area contributed by atoms with Gasteiger partial charge < -0.3 is 0 Å². The fraction of sp³-hybridized carbons (Fsp3) is 0.818. The first-order chi connectivity index (χ1) is 5.22. The van der Waals surface area contributed by atoms with E-state index in [1.54, 1.807) is 0 Å². The van der Waals surface area contributed by atoms with Gasteiger partial charge in [-0.2, -0.15) is 0 Å². The maximum atomic E-state index is 2.36. The third-order valence-corrected chi connectivity index (χ3v) is 2.64. The molecule has 0 aromatic heterocycles. The summed E-state index contributed by atoms with van der Waals surface area (Å²) >= 11 is 0. The molecule has 2 atom stereocenters. The van der Waals surface area contributed by atoms with Crippen molar-refractivity contribution in [3.8, 4) is 0 Å². The minimum absolute atomic E-state index is 0.885. The van der Waals surface area contributed by atoms with Gasteiger partial charge in [-0.25, -0.2) is 0 Å². The fourth-order valence-electron chi connectivity index (χ4n) is 1.21. The van der Waals surface area contributed by atoms with Crippen molar-refractivity contribution in [1.29, 1.82) is 0 Å². The molecule has 0 nitrogen and oxygen atoms in total. The molecule has 0 aromatic carbocycles. The van der Waals surface area contributed by atoms with Crippen LogP contribution in [0.2, 0.25) is 0 Å². The van der Waals surface area contributed by atoms with E-state index in [4.69, 9.17) is 0 Å². The summed E-state index contributed by atoms with van der Waals surface area (Å²) in [6.45, 7) is 9.07. The quantitative estimate of drug-likeness (QED) is 0.524. The minimum atomic E-state index is 0.885. The summed E-state index contributed by atoms with van der Waals surface area (Å²) in [5, 5.41) is 0. The van der Waals surface area contributed by atoms with E-state index in [-0.39, 0.29) is 0 Å². The van der Waals surface area contributed by atoms with Crippen LogP contribution < -0.4 is 0 Å². The topological polar surface area (TPSA) is 0 Å². The van der Waals surface area contributed by atoms with Gasteiger partial charge in [0.1, 0.15) is 0 Å². The molecular weight excluding hydrogens is 132 g/mol. The van der Waals surface area contributed by atoms with Crippen LogP contribution in [0.4, 0.5) is 0 Å². The molecule has 0 aromatic rings. The van der Waals surface area contributed by atoms with Gasteiger partial charge in [0.05, 0.1) is 0 Å². The number of allylic oxidation sites excluding steroid dienone is 2. The molecule has 0 amide bonds. The van der Waals surface area contributed by atoms with Crippen molar-refractivity contribution in [3.05, 3.63) is 12.2 Å². The van der Waals surface area contributed by atoms with Crippen LogP contribution >= 0.6 is 0 Å². The van der Waals surface area contributed by atoms with Crippen molar-refractivity contribution < 1.29 is 0 Å². The Morgan fingerprint density at radius 1 is 1.18 bits per heavy atom. The Balaban J connectivity index is 3.43. The van der Waals surface area contributed by atoms with E-state index in [1.165, 1.54) is 19.3 Å². The molecule has 0 heterocycles. The lowest BCUT2D eigenvalue weighted by Gasteiger charge is -2.16. The lowest BCUT2D eigenvalue weighted by molar-refractivity contribution is 0.357. The first-order valence-electron chi connectivity index (χ1n) is 4.83. The number of hydrogen-bond acceptors (Lipinski definition) is 0. The van der Waals surface area contributed by atoms with Crippen molar-refractivity contribution in [3.63, 3.8) is 0 Å². The Kier molecular flexibility index (Phi) is 6.30. The molecule has 0 rings (SSSR count). The van der Waals surface area contributed by atoms with Crippen molar-refractivity contribution in [2.75, 3.05) is 0 Å². The van der Waals surface area contributed by atoms with Gasteiger partial charge in [0, 0.05) is 0 Å². The Morgan fingerprint density at radius 2 is 1.82 bits per heavy atom. The van der Waals surface area contributed by atoms with Crippen LogP contribution in [0.5, 0.6) is 0 Å². The number of rotatable bonds is 5. The second-order valence-electron chi connectivity index (χ2n) is 3.51. The average molecular weight is 154 g/mol. The van der Waals surface area contributed by atoms with Crippen molar-refractivity contribution in [2.24, 2.45) is 11.8 Å². The highest BCUT2D eigenvalue weighted by Gasteiger charge is 2.07. The molecule has 66 valence electrons. The second-order valence-corrected chi connectivity index (χ2v) is 3.51. The first kappa shape index (κ1) is 10.7. The summed E-state index contributed by atoms with van der Waals surface area (Å²) in [7, 11) is 0. The largest absolute Gasteiger partial charge is 0.0917 e.